The highest BCUT2D eigenvalue weighted by molar-refractivity contribution is 5.59. The number of ether oxygens (including phenoxy) is 2. The van der Waals surface area contributed by atoms with Gasteiger partial charge in [0.05, 0.1) is 36.4 Å². The number of benzene rings is 1. The van der Waals surface area contributed by atoms with Gasteiger partial charge < -0.3 is 14.8 Å². The van der Waals surface area contributed by atoms with Crippen molar-refractivity contribution in [3.05, 3.63) is 28.1 Å². The molecule has 0 saturated carbocycles. The molecule has 112 valence electrons. The van der Waals surface area contributed by atoms with Gasteiger partial charge in [-0.3, -0.25) is 10.1 Å². The highest BCUT2D eigenvalue weighted by Crippen LogP contribution is 2.32. The molecule has 1 atom stereocenters. The summed E-state index contributed by atoms with van der Waals surface area (Å²) in [6.45, 7) is 4.34. The lowest BCUT2D eigenvalue weighted by Gasteiger charge is -2.23. The SMILES string of the molecule is COCC(Nc1cc(OC)c([N+](=O)[O-])cc1F)C(C)C. The molecule has 7 heteroatoms. The summed E-state index contributed by atoms with van der Waals surface area (Å²) >= 11 is 0. The van der Waals surface area contributed by atoms with Crippen LogP contribution in [0.3, 0.4) is 0 Å². The van der Waals surface area contributed by atoms with Crippen molar-refractivity contribution in [2.75, 3.05) is 26.1 Å². The zero-order valence-electron chi connectivity index (χ0n) is 12.0. The summed E-state index contributed by atoms with van der Waals surface area (Å²) < 4.78 is 23.9. The first-order valence-corrected chi connectivity index (χ1v) is 6.18. The van der Waals surface area contributed by atoms with Crippen molar-refractivity contribution in [3.63, 3.8) is 0 Å². The van der Waals surface area contributed by atoms with Gasteiger partial charge >= 0.3 is 5.69 Å². The fourth-order valence-corrected chi connectivity index (χ4v) is 1.74. The molecular formula is C13H19FN2O4. The topological polar surface area (TPSA) is 73.6 Å². The predicted octanol–water partition coefficient (Wildman–Crippen LogP) is 2.83. The van der Waals surface area contributed by atoms with E-state index in [1.54, 1.807) is 7.11 Å². The third-order valence-electron chi connectivity index (χ3n) is 2.96. The van der Waals surface area contributed by atoms with Crippen LogP contribution in [-0.4, -0.2) is 31.8 Å². The molecule has 0 heterocycles. The van der Waals surface area contributed by atoms with Crippen LogP contribution in [-0.2, 0) is 4.74 Å². The van der Waals surface area contributed by atoms with E-state index >= 15 is 0 Å². The summed E-state index contributed by atoms with van der Waals surface area (Å²) in [5.41, 5.74) is -0.244. The summed E-state index contributed by atoms with van der Waals surface area (Å²) in [5, 5.41) is 13.8. The van der Waals surface area contributed by atoms with Crippen molar-refractivity contribution < 1.29 is 18.8 Å². The molecule has 0 radical (unpaired) electrons. The van der Waals surface area contributed by atoms with Crippen molar-refractivity contribution in [2.45, 2.75) is 19.9 Å². The molecule has 20 heavy (non-hydrogen) atoms. The highest BCUT2D eigenvalue weighted by Gasteiger charge is 2.21. The zero-order valence-corrected chi connectivity index (χ0v) is 12.0. The second-order valence-electron chi connectivity index (χ2n) is 4.71. The second kappa shape index (κ2) is 7.04. The largest absolute Gasteiger partial charge is 0.490 e. The maximum Gasteiger partial charge on any atom is 0.313 e. The van der Waals surface area contributed by atoms with Gasteiger partial charge in [-0.25, -0.2) is 4.39 Å². The second-order valence-corrected chi connectivity index (χ2v) is 4.71. The number of hydrogen-bond acceptors (Lipinski definition) is 5. The van der Waals surface area contributed by atoms with Gasteiger partial charge in [0.25, 0.3) is 0 Å². The fourth-order valence-electron chi connectivity index (χ4n) is 1.74. The van der Waals surface area contributed by atoms with E-state index in [0.29, 0.717) is 6.61 Å². The predicted molar refractivity (Wildman–Crippen MR) is 73.7 cm³/mol. The molecule has 0 aliphatic heterocycles. The molecule has 6 nitrogen and oxygen atoms in total. The van der Waals surface area contributed by atoms with Gasteiger partial charge in [-0.15, -0.1) is 0 Å². The van der Waals surface area contributed by atoms with Crippen LogP contribution in [0, 0.1) is 21.8 Å². The Morgan fingerprint density at radius 1 is 1.40 bits per heavy atom. The first-order chi connectivity index (χ1) is 9.40. The van der Waals surface area contributed by atoms with Crippen LogP contribution < -0.4 is 10.1 Å². The number of nitrogens with one attached hydrogen (secondary N) is 1. The quantitative estimate of drug-likeness (QED) is 0.616. The number of rotatable bonds is 7. The molecule has 1 aromatic rings. The number of nitro groups is 1. The molecule has 0 spiro atoms. The van der Waals surface area contributed by atoms with Crippen molar-refractivity contribution in [3.8, 4) is 5.75 Å². The fraction of sp³-hybridized carbons (Fsp3) is 0.538. The standard InChI is InChI=1S/C13H19FN2O4/c1-8(2)11(7-19-3)15-10-6-13(20-4)12(16(17)18)5-9(10)14/h5-6,8,11,15H,7H2,1-4H3. The van der Waals surface area contributed by atoms with Crippen LogP contribution in [0.2, 0.25) is 0 Å². The van der Waals surface area contributed by atoms with E-state index in [0.717, 1.165) is 6.07 Å². The normalized spacial score (nSPS) is 12.3. The van der Waals surface area contributed by atoms with E-state index in [2.05, 4.69) is 5.32 Å². The molecule has 0 bridgehead atoms. The number of anilines is 1. The average molecular weight is 286 g/mol. The van der Waals surface area contributed by atoms with Gasteiger partial charge in [0.2, 0.25) is 0 Å². The van der Waals surface area contributed by atoms with Gasteiger partial charge in [0, 0.05) is 13.2 Å². The lowest BCUT2D eigenvalue weighted by Crippen LogP contribution is -2.30. The molecular weight excluding hydrogens is 267 g/mol. The molecule has 1 unspecified atom stereocenters. The van der Waals surface area contributed by atoms with E-state index in [1.165, 1.54) is 13.2 Å². The van der Waals surface area contributed by atoms with Gasteiger partial charge in [0.15, 0.2) is 11.6 Å². The Bertz CT molecular complexity index is 480. The maximum absolute atomic E-state index is 13.9. The van der Waals surface area contributed by atoms with Crippen LogP contribution in [0.5, 0.6) is 5.75 Å². The lowest BCUT2D eigenvalue weighted by atomic mass is 10.0. The van der Waals surface area contributed by atoms with Crippen molar-refractivity contribution in [1.29, 1.82) is 0 Å². The Labute approximate surface area is 117 Å². The zero-order chi connectivity index (χ0) is 15.3. The number of hydrogen-bond donors (Lipinski definition) is 1. The number of halogens is 1. The minimum Gasteiger partial charge on any atom is -0.490 e. The summed E-state index contributed by atoms with van der Waals surface area (Å²) in [5.74, 6) is -0.478. The van der Waals surface area contributed by atoms with Crippen LogP contribution in [0.4, 0.5) is 15.8 Å². The molecule has 1 N–H and O–H groups in total. The summed E-state index contributed by atoms with van der Waals surface area (Å²) in [6.07, 6.45) is 0. The smallest absolute Gasteiger partial charge is 0.313 e. The molecule has 0 aliphatic rings. The van der Waals surface area contributed by atoms with Crippen LogP contribution >= 0.6 is 0 Å². The Hall–Kier alpha value is -1.89. The molecule has 1 aromatic carbocycles. The minimum atomic E-state index is -0.695. The Kier molecular flexibility index (Phi) is 5.69. The molecule has 0 amide bonds. The minimum absolute atomic E-state index is 0.0128. The molecule has 0 saturated heterocycles. The molecule has 0 aromatic heterocycles. The van der Waals surface area contributed by atoms with Gasteiger partial charge in [-0.05, 0) is 5.92 Å². The summed E-state index contributed by atoms with van der Waals surface area (Å²) in [4.78, 5) is 10.1. The number of methoxy groups -OCH3 is 2. The van der Waals surface area contributed by atoms with Gasteiger partial charge in [-0.2, -0.15) is 0 Å². The third-order valence-corrected chi connectivity index (χ3v) is 2.96. The van der Waals surface area contributed by atoms with E-state index in [-0.39, 0.29) is 23.4 Å². The van der Waals surface area contributed by atoms with Crippen molar-refractivity contribution >= 4 is 11.4 Å². The van der Waals surface area contributed by atoms with Gasteiger partial charge in [-0.1, -0.05) is 13.8 Å². The Morgan fingerprint density at radius 2 is 2.05 bits per heavy atom. The van der Waals surface area contributed by atoms with Crippen molar-refractivity contribution in [1.82, 2.24) is 0 Å². The number of nitrogens with zero attached hydrogens (tertiary/aromatic N) is 1. The monoisotopic (exact) mass is 286 g/mol. The summed E-state index contributed by atoms with van der Waals surface area (Å²) in [6, 6.07) is 2.03. The van der Waals surface area contributed by atoms with E-state index in [4.69, 9.17) is 9.47 Å². The molecule has 1 rings (SSSR count). The van der Waals surface area contributed by atoms with Crippen LogP contribution in [0.25, 0.3) is 0 Å². The highest BCUT2D eigenvalue weighted by atomic mass is 19.1. The van der Waals surface area contributed by atoms with Crippen molar-refractivity contribution in [2.24, 2.45) is 5.92 Å². The van der Waals surface area contributed by atoms with E-state index < -0.39 is 16.4 Å². The van der Waals surface area contributed by atoms with Gasteiger partial charge in [0.1, 0.15) is 0 Å². The van der Waals surface area contributed by atoms with E-state index in [1.807, 2.05) is 13.8 Å². The lowest BCUT2D eigenvalue weighted by molar-refractivity contribution is -0.385. The first-order valence-electron chi connectivity index (χ1n) is 6.18. The number of nitro benzene ring substituents is 1. The molecule has 0 fully saturated rings. The Balaban J connectivity index is 3.09. The van der Waals surface area contributed by atoms with Crippen LogP contribution in [0.15, 0.2) is 12.1 Å². The maximum atomic E-state index is 13.9. The molecule has 0 aliphatic carbocycles. The Morgan fingerprint density at radius 3 is 2.50 bits per heavy atom. The van der Waals surface area contributed by atoms with E-state index in [9.17, 15) is 14.5 Å². The first kappa shape index (κ1) is 16.2. The third kappa shape index (κ3) is 3.80. The summed E-state index contributed by atoms with van der Waals surface area (Å²) in [7, 11) is 2.86. The average Bonchev–Trinajstić information content (AvgIpc) is 2.39. The van der Waals surface area contributed by atoms with Crippen LogP contribution in [0.1, 0.15) is 13.8 Å².